The first-order valence-corrected chi connectivity index (χ1v) is 11.8. The van der Waals surface area contributed by atoms with Gasteiger partial charge in [-0.25, -0.2) is 0 Å². The molecule has 1 N–H and O–H groups in total. The first-order chi connectivity index (χ1) is 17.0. The molecule has 3 aromatic carbocycles. The van der Waals surface area contributed by atoms with Gasteiger partial charge in [-0.05, 0) is 62.1 Å². The van der Waals surface area contributed by atoms with Crippen LogP contribution in [0.3, 0.4) is 0 Å². The lowest BCUT2D eigenvalue weighted by Gasteiger charge is -2.15. The second-order valence-corrected chi connectivity index (χ2v) is 8.42. The summed E-state index contributed by atoms with van der Waals surface area (Å²) in [5, 5.41) is 3.96. The van der Waals surface area contributed by atoms with E-state index in [0.717, 1.165) is 56.7 Å². The normalized spacial score (nSPS) is 11.5. The Morgan fingerprint density at radius 3 is 2.63 bits per heavy atom. The third-order valence-electron chi connectivity index (χ3n) is 6.04. The molecule has 5 heteroatoms. The number of benzene rings is 3. The monoisotopic (exact) mass is 469 g/mol. The van der Waals surface area contributed by atoms with Crippen LogP contribution in [0.25, 0.3) is 27.7 Å². The van der Waals surface area contributed by atoms with Gasteiger partial charge < -0.3 is 19.2 Å². The average molecular weight is 470 g/mol. The third-order valence-corrected chi connectivity index (χ3v) is 6.04. The highest BCUT2D eigenvalue weighted by molar-refractivity contribution is 6.01. The summed E-state index contributed by atoms with van der Waals surface area (Å²) in [4.78, 5) is 12.7. The first kappa shape index (κ1) is 24.1. The Morgan fingerprint density at radius 1 is 1.09 bits per heavy atom. The number of allylic oxidation sites excluding steroid dienone is 1. The Hall–Kier alpha value is -3.99. The lowest BCUT2D eigenvalue weighted by Crippen LogP contribution is -2.23. The summed E-state index contributed by atoms with van der Waals surface area (Å²) in [5.41, 5.74) is 6.54. The standard InChI is InChI=1S/C30H31NO4/c1-5-34-29-21(3)30-26(27(19-35-30)23-12-9-13-24(17-23)33-4)18-25(29)20(2)16-28(32)31-15-14-22-10-7-6-8-11-22/h6-13,16-19H,5,14-15H2,1-4H3,(H,31,32)/b20-16+. The fourth-order valence-electron chi connectivity index (χ4n) is 4.25. The molecule has 5 nitrogen and oxygen atoms in total. The largest absolute Gasteiger partial charge is 0.497 e. The Bertz CT molecular complexity index is 1350. The van der Waals surface area contributed by atoms with Gasteiger partial charge in [0, 0.05) is 34.7 Å². The summed E-state index contributed by atoms with van der Waals surface area (Å²) in [6, 6.07) is 20.1. The number of furan rings is 1. The molecule has 0 bridgehead atoms. The van der Waals surface area contributed by atoms with Crippen LogP contribution < -0.4 is 14.8 Å². The number of ether oxygens (including phenoxy) is 2. The second kappa shape index (κ2) is 11.0. The number of hydrogen-bond acceptors (Lipinski definition) is 4. The number of carbonyl (C=O) groups excluding carboxylic acids is 1. The van der Waals surface area contributed by atoms with Crippen LogP contribution >= 0.6 is 0 Å². The van der Waals surface area contributed by atoms with Gasteiger partial charge in [-0.15, -0.1) is 0 Å². The molecule has 0 atom stereocenters. The topological polar surface area (TPSA) is 60.7 Å². The Balaban J connectivity index is 1.66. The highest BCUT2D eigenvalue weighted by Gasteiger charge is 2.19. The number of amides is 1. The van der Waals surface area contributed by atoms with E-state index in [4.69, 9.17) is 13.9 Å². The van der Waals surface area contributed by atoms with Gasteiger partial charge in [0.2, 0.25) is 5.91 Å². The highest BCUT2D eigenvalue weighted by Crippen LogP contribution is 2.41. The molecule has 0 fully saturated rings. The number of carbonyl (C=O) groups is 1. The fourth-order valence-corrected chi connectivity index (χ4v) is 4.25. The van der Waals surface area contributed by atoms with Crippen LogP contribution in [0.2, 0.25) is 0 Å². The van der Waals surface area contributed by atoms with Crippen molar-refractivity contribution in [2.45, 2.75) is 27.2 Å². The summed E-state index contributed by atoms with van der Waals surface area (Å²) in [5.74, 6) is 1.39. The van der Waals surface area contributed by atoms with E-state index < -0.39 is 0 Å². The molecule has 0 saturated carbocycles. The van der Waals surface area contributed by atoms with Gasteiger partial charge in [-0.2, -0.15) is 0 Å². The molecular weight excluding hydrogens is 438 g/mol. The number of fused-ring (bicyclic) bond motifs is 1. The van der Waals surface area contributed by atoms with Crippen molar-refractivity contribution in [3.05, 3.63) is 89.7 Å². The Kier molecular flexibility index (Phi) is 7.56. The molecule has 0 saturated heterocycles. The van der Waals surface area contributed by atoms with E-state index in [1.165, 1.54) is 5.56 Å². The van der Waals surface area contributed by atoms with E-state index in [9.17, 15) is 4.79 Å². The summed E-state index contributed by atoms with van der Waals surface area (Å²) in [6.45, 7) is 6.96. The summed E-state index contributed by atoms with van der Waals surface area (Å²) in [6.07, 6.45) is 4.19. The first-order valence-electron chi connectivity index (χ1n) is 11.8. The summed E-state index contributed by atoms with van der Waals surface area (Å²) >= 11 is 0. The van der Waals surface area contributed by atoms with E-state index in [-0.39, 0.29) is 5.91 Å². The molecule has 0 aliphatic heterocycles. The van der Waals surface area contributed by atoms with Crippen molar-refractivity contribution in [3.8, 4) is 22.6 Å². The molecule has 0 unspecified atom stereocenters. The highest BCUT2D eigenvalue weighted by atomic mass is 16.5. The lowest BCUT2D eigenvalue weighted by molar-refractivity contribution is -0.116. The molecule has 0 spiro atoms. The van der Waals surface area contributed by atoms with E-state index in [0.29, 0.717) is 13.2 Å². The molecule has 0 aliphatic carbocycles. The van der Waals surface area contributed by atoms with Crippen molar-refractivity contribution in [1.82, 2.24) is 5.32 Å². The van der Waals surface area contributed by atoms with E-state index in [1.54, 1.807) is 19.4 Å². The SMILES string of the molecule is CCOc1c(/C(C)=C/C(=O)NCCc2ccccc2)cc2c(-c3cccc(OC)c3)coc2c1C. The van der Waals surface area contributed by atoms with E-state index >= 15 is 0 Å². The van der Waals surface area contributed by atoms with Crippen LogP contribution in [-0.2, 0) is 11.2 Å². The number of nitrogens with one attached hydrogen (secondary N) is 1. The zero-order valence-corrected chi connectivity index (χ0v) is 20.7. The maximum absolute atomic E-state index is 12.7. The minimum atomic E-state index is -0.126. The molecule has 1 amide bonds. The zero-order valence-electron chi connectivity index (χ0n) is 20.7. The predicted molar refractivity (Wildman–Crippen MR) is 141 cm³/mol. The quantitative estimate of drug-likeness (QED) is 0.281. The van der Waals surface area contributed by atoms with Crippen molar-refractivity contribution < 1.29 is 18.7 Å². The van der Waals surface area contributed by atoms with Crippen molar-refractivity contribution in [3.63, 3.8) is 0 Å². The Labute approximate surface area is 206 Å². The Morgan fingerprint density at radius 2 is 1.89 bits per heavy atom. The van der Waals surface area contributed by atoms with Crippen LogP contribution in [0, 0.1) is 6.92 Å². The predicted octanol–water partition coefficient (Wildman–Crippen LogP) is 6.58. The minimum absolute atomic E-state index is 0.126. The second-order valence-electron chi connectivity index (χ2n) is 8.42. The number of methoxy groups -OCH3 is 1. The minimum Gasteiger partial charge on any atom is -0.497 e. The fraction of sp³-hybridized carbons (Fsp3) is 0.233. The number of hydrogen-bond donors (Lipinski definition) is 1. The van der Waals surface area contributed by atoms with Gasteiger partial charge in [0.05, 0.1) is 20.0 Å². The van der Waals surface area contributed by atoms with Crippen molar-refractivity contribution in [2.75, 3.05) is 20.3 Å². The van der Waals surface area contributed by atoms with Crippen LogP contribution in [0.15, 0.2) is 77.4 Å². The van der Waals surface area contributed by atoms with Crippen molar-refractivity contribution in [2.24, 2.45) is 0 Å². The van der Waals surface area contributed by atoms with Crippen LogP contribution in [0.4, 0.5) is 0 Å². The average Bonchev–Trinajstić information content (AvgIpc) is 3.30. The summed E-state index contributed by atoms with van der Waals surface area (Å²) in [7, 11) is 1.66. The molecule has 1 aromatic heterocycles. The van der Waals surface area contributed by atoms with Crippen molar-refractivity contribution in [1.29, 1.82) is 0 Å². The smallest absolute Gasteiger partial charge is 0.244 e. The molecule has 4 rings (SSSR count). The van der Waals surface area contributed by atoms with Crippen LogP contribution in [0.5, 0.6) is 11.5 Å². The van der Waals surface area contributed by atoms with Crippen LogP contribution in [0.1, 0.15) is 30.5 Å². The molecule has 35 heavy (non-hydrogen) atoms. The molecule has 0 aliphatic rings. The van der Waals surface area contributed by atoms with Gasteiger partial charge in [0.15, 0.2) is 0 Å². The number of rotatable bonds is 9. The maximum Gasteiger partial charge on any atom is 0.244 e. The molecule has 180 valence electrons. The maximum atomic E-state index is 12.7. The summed E-state index contributed by atoms with van der Waals surface area (Å²) < 4.78 is 17.4. The lowest BCUT2D eigenvalue weighted by atomic mass is 9.96. The molecular formula is C30H31NO4. The molecule has 0 radical (unpaired) electrons. The van der Waals surface area contributed by atoms with Gasteiger partial charge in [0.1, 0.15) is 17.1 Å². The van der Waals surface area contributed by atoms with Gasteiger partial charge >= 0.3 is 0 Å². The van der Waals surface area contributed by atoms with Crippen LogP contribution in [-0.4, -0.2) is 26.2 Å². The zero-order chi connectivity index (χ0) is 24.8. The molecule has 1 heterocycles. The molecule has 4 aromatic rings. The third kappa shape index (κ3) is 5.40. The van der Waals surface area contributed by atoms with Gasteiger partial charge in [0.25, 0.3) is 0 Å². The number of aryl methyl sites for hydroxylation is 1. The van der Waals surface area contributed by atoms with E-state index in [1.807, 2.05) is 63.2 Å². The van der Waals surface area contributed by atoms with E-state index in [2.05, 4.69) is 23.5 Å². The van der Waals surface area contributed by atoms with Crippen molar-refractivity contribution >= 4 is 22.4 Å². The van der Waals surface area contributed by atoms with Gasteiger partial charge in [-0.1, -0.05) is 42.5 Å². The van der Waals surface area contributed by atoms with Gasteiger partial charge in [-0.3, -0.25) is 4.79 Å².